The number of methoxy groups -OCH3 is 1. The Morgan fingerprint density at radius 3 is 2.68 bits per heavy atom. The van der Waals surface area contributed by atoms with Gasteiger partial charge in [-0.3, -0.25) is 19.8 Å². The van der Waals surface area contributed by atoms with Crippen LogP contribution in [0, 0.1) is 16.0 Å². The third-order valence-corrected chi connectivity index (χ3v) is 5.14. The van der Waals surface area contributed by atoms with Crippen LogP contribution < -0.4 is 10.2 Å². The number of carbonyl (C=O) groups is 1. The van der Waals surface area contributed by atoms with Crippen molar-refractivity contribution >= 4 is 23.3 Å². The summed E-state index contributed by atoms with van der Waals surface area (Å²) in [6.07, 6.45) is 2.49. The van der Waals surface area contributed by atoms with Gasteiger partial charge in [-0.1, -0.05) is 0 Å². The summed E-state index contributed by atoms with van der Waals surface area (Å²) in [7, 11) is 1.37. The molecule has 2 aliphatic rings. The van der Waals surface area contributed by atoms with Gasteiger partial charge in [-0.05, 0) is 12.8 Å². The summed E-state index contributed by atoms with van der Waals surface area (Å²) in [6.45, 7) is 5.43. The Kier molecular flexibility index (Phi) is 6.93. The number of nitrogens with zero attached hydrogens (tertiary/aromatic N) is 5. The number of nitrogens with one attached hydrogen (secondary N) is 1. The zero-order valence-corrected chi connectivity index (χ0v) is 16.0. The number of piperidine rings is 1. The fourth-order valence-electron chi connectivity index (χ4n) is 3.55. The maximum atomic E-state index is 11.7. The van der Waals surface area contributed by atoms with E-state index >= 15 is 0 Å². The van der Waals surface area contributed by atoms with Crippen molar-refractivity contribution < 1.29 is 19.2 Å². The van der Waals surface area contributed by atoms with Crippen molar-refractivity contribution in [1.82, 2.24) is 14.9 Å². The number of aromatic nitrogens is 2. The summed E-state index contributed by atoms with van der Waals surface area (Å²) in [4.78, 5) is 35.3. The standard InChI is InChI=1S/C17H26N6O5/c1-27-17(24)13-2-5-22(6-3-13)16-14(23(25)26)15(19-12-20-16)18-4-7-21-8-10-28-11-9-21/h12-13H,2-11H2,1H3,(H,18,19,20). The van der Waals surface area contributed by atoms with Gasteiger partial charge in [-0.15, -0.1) is 0 Å². The molecule has 0 radical (unpaired) electrons. The average molecular weight is 394 g/mol. The fourth-order valence-corrected chi connectivity index (χ4v) is 3.55. The Balaban J connectivity index is 1.66. The van der Waals surface area contributed by atoms with Crippen molar-refractivity contribution in [3.05, 3.63) is 16.4 Å². The summed E-state index contributed by atoms with van der Waals surface area (Å²) < 4.78 is 10.1. The van der Waals surface area contributed by atoms with Gasteiger partial charge in [0.15, 0.2) is 0 Å². The van der Waals surface area contributed by atoms with Crippen LogP contribution in [0.1, 0.15) is 12.8 Å². The molecule has 1 aromatic rings. The zero-order valence-electron chi connectivity index (χ0n) is 16.0. The van der Waals surface area contributed by atoms with E-state index in [1.807, 2.05) is 4.90 Å². The molecule has 0 saturated carbocycles. The van der Waals surface area contributed by atoms with Gasteiger partial charge < -0.3 is 19.7 Å². The summed E-state index contributed by atoms with van der Waals surface area (Å²) in [5, 5.41) is 14.8. The number of morpholine rings is 1. The summed E-state index contributed by atoms with van der Waals surface area (Å²) in [6, 6.07) is 0. The summed E-state index contributed by atoms with van der Waals surface area (Å²) in [5.41, 5.74) is -0.124. The number of esters is 1. The van der Waals surface area contributed by atoms with E-state index in [9.17, 15) is 14.9 Å². The second-order valence-corrected chi connectivity index (χ2v) is 6.82. The topological polar surface area (TPSA) is 123 Å². The number of ether oxygens (including phenoxy) is 2. The summed E-state index contributed by atoms with van der Waals surface area (Å²) >= 11 is 0. The number of hydrogen-bond donors (Lipinski definition) is 1. The Morgan fingerprint density at radius 2 is 2.04 bits per heavy atom. The molecule has 0 atom stereocenters. The lowest BCUT2D eigenvalue weighted by molar-refractivity contribution is -0.383. The highest BCUT2D eigenvalue weighted by Crippen LogP contribution is 2.34. The predicted molar refractivity (Wildman–Crippen MR) is 101 cm³/mol. The fraction of sp³-hybridized carbons (Fsp3) is 0.706. The third-order valence-electron chi connectivity index (χ3n) is 5.14. The van der Waals surface area contributed by atoms with E-state index in [2.05, 4.69) is 20.2 Å². The molecule has 3 heterocycles. The van der Waals surface area contributed by atoms with Crippen molar-refractivity contribution in [2.75, 3.05) is 69.8 Å². The first-order valence-corrected chi connectivity index (χ1v) is 9.46. The maximum Gasteiger partial charge on any atom is 0.353 e. The van der Waals surface area contributed by atoms with Gasteiger partial charge in [0.25, 0.3) is 0 Å². The van der Waals surface area contributed by atoms with Crippen molar-refractivity contribution in [1.29, 1.82) is 0 Å². The molecule has 0 aliphatic carbocycles. The molecule has 2 fully saturated rings. The minimum atomic E-state index is -0.446. The molecular formula is C17H26N6O5. The molecular weight excluding hydrogens is 368 g/mol. The number of nitro groups is 1. The van der Waals surface area contributed by atoms with E-state index in [0.29, 0.717) is 45.7 Å². The van der Waals surface area contributed by atoms with Crippen molar-refractivity contribution in [2.45, 2.75) is 12.8 Å². The molecule has 1 N–H and O–H groups in total. The number of rotatable bonds is 7. The van der Waals surface area contributed by atoms with E-state index in [0.717, 1.165) is 19.6 Å². The zero-order chi connectivity index (χ0) is 19.9. The second kappa shape index (κ2) is 9.60. The van der Waals surface area contributed by atoms with Crippen molar-refractivity contribution in [3.63, 3.8) is 0 Å². The molecule has 154 valence electrons. The maximum absolute atomic E-state index is 11.7. The Hall–Kier alpha value is -2.53. The molecule has 0 spiro atoms. The van der Waals surface area contributed by atoms with Crippen LogP contribution in [0.15, 0.2) is 6.33 Å². The molecule has 11 heteroatoms. The Morgan fingerprint density at radius 1 is 1.32 bits per heavy atom. The molecule has 0 aromatic carbocycles. The lowest BCUT2D eigenvalue weighted by Crippen LogP contribution is -2.39. The number of carbonyl (C=O) groups excluding carboxylic acids is 1. The van der Waals surface area contributed by atoms with E-state index in [1.165, 1.54) is 13.4 Å². The van der Waals surface area contributed by atoms with E-state index < -0.39 is 4.92 Å². The molecule has 3 rings (SSSR count). The van der Waals surface area contributed by atoms with Crippen molar-refractivity contribution in [3.8, 4) is 0 Å². The van der Waals surface area contributed by atoms with Gasteiger partial charge in [-0.2, -0.15) is 0 Å². The highest BCUT2D eigenvalue weighted by molar-refractivity contribution is 5.74. The van der Waals surface area contributed by atoms with Crippen LogP contribution in [0.2, 0.25) is 0 Å². The van der Waals surface area contributed by atoms with Crippen LogP contribution >= 0.6 is 0 Å². The van der Waals surface area contributed by atoms with Gasteiger partial charge in [-0.25, -0.2) is 9.97 Å². The molecule has 28 heavy (non-hydrogen) atoms. The minimum Gasteiger partial charge on any atom is -0.469 e. The van der Waals surface area contributed by atoms with E-state index in [-0.39, 0.29) is 29.2 Å². The lowest BCUT2D eigenvalue weighted by atomic mass is 9.97. The first-order chi connectivity index (χ1) is 13.6. The number of hydrogen-bond acceptors (Lipinski definition) is 10. The number of anilines is 2. The molecule has 0 unspecified atom stereocenters. The van der Waals surface area contributed by atoms with Gasteiger partial charge in [0.1, 0.15) is 6.33 Å². The second-order valence-electron chi connectivity index (χ2n) is 6.82. The van der Waals surface area contributed by atoms with Crippen LogP contribution in [-0.4, -0.2) is 85.4 Å². The Bertz CT molecular complexity index is 689. The van der Waals surface area contributed by atoms with E-state index in [4.69, 9.17) is 9.47 Å². The molecule has 11 nitrogen and oxygen atoms in total. The quantitative estimate of drug-likeness (QED) is 0.398. The van der Waals surface area contributed by atoms with Crippen LogP contribution in [-0.2, 0) is 14.3 Å². The molecule has 1 aromatic heterocycles. The molecule has 2 saturated heterocycles. The molecule has 0 amide bonds. The third kappa shape index (κ3) is 4.84. The monoisotopic (exact) mass is 394 g/mol. The van der Waals surface area contributed by atoms with Gasteiger partial charge in [0.05, 0.1) is 31.2 Å². The van der Waals surface area contributed by atoms with Gasteiger partial charge in [0.2, 0.25) is 11.6 Å². The average Bonchev–Trinajstić information content (AvgIpc) is 2.73. The first-order valence-electron chi connectivity index (χ1n) is 9.46. The SMILES string of the molecule is COC(=O)C1CCN(c2ncnc(NCCN3CCOCC3)c2[N+](=O)[O-])CC1. The highest BCUT2D eigenvalue weighted by atomic mass is 16.6. The molecule has 2 aliphatic heterocycles. The van der Waals surface area contributed by atoms with Crippen LogP contribution in [0.5, 0.6) is 0 Å². The Labute approximate surface area is 163 Å². The minimum absolute atomic E-state index is 0.124. The molecule has 0 bridgehead atoms. The highest BCUT2D eigenvalue weighted by Gasteiger charge is 2.32. The van der Waals surface area contributed by atoms with Gasteiger partial charge in [0, 0.05) is 39.3 Å². The predicted octanol–water partition coefficient (Wildman–Crippen LogP) is 0.518. The largest absolute Gasteiger partial charge is 0.469 e. The summed E-state index contributed by atoms with van der Waals surface area (Å²) in [5.74, 6) is 0.103. The van der Waals surface area contributed by atoms with Crippen LogP contribution in [0.3, 0.4) is 0 Å². The smallest absolute Gasteiger partial charge is 0.353 e. The van der Waals surface area contributed by atoms with Crippen LogP contribution in [0.4, 0.5) is 17.3 Å². The van der Waals surface area contributed by atoms with Gasteiger partial charge >= 0.3 is 11.7 Å². The van der Waals surface area contributed by atoms with Crippen LogP contribution in [0.25, 0.3) is 0 Å². The normalized spacial score (nSPS) is 18.7. The van der Waals surface area contributed by atoms with E-state index in [1.54, 1.807) is 0 Å². The van der Waals surface area contributed by atoms with Crippen molar-refractivity contribution in [2.24, 2.45) is 5.92 Å². The first kappa shape index (κ1) is 20.2. The lowest BCUT2D eigenvalue weighted by Gasteiger charge is -2.31.